The van der Waals surface area contributed by atoms with Gasteiger partial charge in [0.15, 0.2) is 5.78 Å². The van der Waals surface area contributed by atoms with Gasteiger partial charge in [0.2, 0.25) is 4.34 Å². The maximum atomic E-state index is 13.3. The van der Waals surface area contributed by atoms with Gasteiger partial charge in [0, 0.05) is 37.1 Å². The van der Waals surface area contributed by atoms with Gasteiger partial charge in [-0.05, 0) is 48.4 Å². The molecule has 0 bridgehead atoms. The first-order valence-corrected chi connectivity index (χ1v) is 12.4. The summed E-state index contributed by atoms with van der Waals surface area (Å²) < 4.78 is 35.3. The predicted octanol–water partition coefficient (Wildman–Crippen LogP) is 3.69. The second-order valence-electron chi connectivity index (χ2n) is 7.33. The summed E-state index contributed by atoms with van der Waals surface area (Å²) in [5.41, 5.74) is 2.45. The Labute approximate surface area is 196 Å². The summed E-state index contributed by atoms with van der Waals surface area (Å²) in [7, 11) is -3.82. The van der Waals surface area contributed by atoms with Crippen LogP contribution in [0.15, 0.2) is 82.9 Å². The molecule has 4 rings (SSSR count). The predicted molar refractivity (Wildman–Crippen MR) is 125 cm³/mol. The van der Waals surface area contributed by atoms with Crippen molar-refractivity contribution >= 4 is 27.1 Å². The molecule has 0 N–H and O–H groups in total. The van der Waals surface area contributed by atoms with Gasteiger partial charge in [-0.3, -0.25) is 4.79 Å². The van der Waals surface area contributed by atoms with Crippen molar-refractivity contribution in [3.05, 3.63) is 89.7 Å². The van der Waals surface area contributed by atoms with Gasteiger partial charge in [0.25, 0.3) is 10.0 Å². The maximum absolute atomic E-state index is 13.3. The fourth-order valence-corrected chi connectivity index (χ4v) is 5.56. The van der Waals surface area contributed by atoms with Crippen LogP contribution in [0, 0.1) is 0 Å². The number of benzene rings is 2. The minimum absolute atomic E-state index is 0.0345. The third-order valence-corrected chi connectivity index (χ3v) is 7.70. The van der Waals surface area contributed by atoms with Crippen LogP contribution in [-0.4, -0.2) is 39.9 Å². The van der Waals surface area contributed by atoms with Crippen molar-refractivity contribution in [3.8, 4) is 11.4 Å². The van der Waals surface area contributed by atoms with E-state index in [9.17, 15) is 13.2 Å². The van der Waals surface area contributed by atoms with Crippen LogP contribution in [0.5, 0.6) is 5.75 Å². The van der Waals surface area contributed by atoms with Crippen molar-refractivity contribution in [1.29, 1.82) is 0 Å². The molecule has 0 saturated heterocycles. The molecule has 4 aromatic rings. The van der Waals surface area contributed by atoms with E-state index in [-0.39, 0.29) is 29.8 Å². The first kappa shape index (κ1) is 22.8. The maximum Gasteiger partial charge on any atom is 0.270 e. The fraction of sp³-hybridized carbons (Fsp3) is 0.174. The number of ether oxygens (including phenoxy) is 1. The van der Waals surface area contributed by atoms with E-state index in [4.69, 9.17) is 4.74 Å². The number of ketones is 1. The molecule has 0 amide bonds. The van der Waals surface area contributed by atoms with E-state index < -0.39 is 10.0 Å². The van der Waals surface area contributed by atoms with Gasteiger partial charge >= 0.3 is 0 Å². The van der Waals surface area contributed by atoms with E-state index in [1.165, 1.54) is 17.4 Å². The molecule has 2 aromatic heterocycles. The van der Waals surface area contributed by atoms with Crippen molar-refractivity contribution in [3.63, 3.8) is 0 Å². The van der Waals surface area contributed by atoms with Gasteiger partial charge in [0.05, 0.1) is 5.69 Å². The van der Waals surface area contributed by atoms with Crippen molar-refractivity contribution in [2.45, 2.75) is 24.4 Å². The number of thiazole rings is 1. The Morgan fingerprint density at radius 3 is 2.52 bits per heavy atom. The first-order valence-electron chi connectivity index (χ1n) is 10.1. The minimum Gasteiger partial charge on any atom is -0.486 e. The van der Waals surface area contributed by atoms with Gasteiger partial charge in [0.1, 0.15) is 12.4 Å². The molecule has 0 spiro atoms. The summed E-state index contributed by atoms with van der Waals surface area (Å²) in [6.07, 6.45) is 5.02. The Morgan fingerprint density at radius 2 is 1.85 bits per heavy atom. The molecular weight excluding hydrogens is 460 g/mol. The highest BCUT2D eigenvalue weighted by molar-refractivity contribution is 7.91. The molecule has 10 heteroatoms. The number of carbonyl (C=O) groups excluding carboxylic acids is 1. The average molecular weight is 483 g/mol. The van der Waals surface area contributed by atoms with Crippen LogP contribution in [0.25, 0.3) is 5.69 Å². The zero-order valence-electron chi connectivity index (χ0n) is 17.9. The van der Waals surface area contributed by atoms with Crippen molar-refractivity contribution in [1.82, 2.24) is 19.1 Å². The molecule has 0 aliphatic heterocycles. The number of aromatic nitrogens is 3. The Kier molecular flexibility index (Phi) is 6.97. The second-order valence-corrected chi connectivity index (χ2v) is 10.3. The SMILES string of the molecule is CC(=O)COc1cccc(CN(Cc2ccc(-n3cccn3)cc2)S(=O)(=O)c2nccs2)c1. The van der Waals surface area contributed by atoms with Gasteiger partial charge in [-0.1, -0.05) is 24.3 Å². The third kappa shape index (κ3) is 5.72. The van der Waals surface area contributed by atoms with E-state index in [1.807, 2.05) is 42.6 Å². The van der Waals surface area contributed by atoms with Crippen LogP contribution >= 0.6 is 11.3 Å². The fourth-order valence-electron chi connectivity index (χ4n) is 3.18. The van der Waals surface area contributed by atoms with Crippen LogP contribution in [0.2, 0.25) is 0 Å². The number of hydrogen-bond acceptors (Lipinski definition) is 7. The van der Waals surface area contributed by atoms with Crippen LogP contribution in [0.3, 0.4) is 0 Å². The first-order chi connectivity index (χ1) is 15.9. The van der Waals surface area contributed by atoms with E-state index in [0.717, 1.165) is 28.2 Å². The summed E-state index contributed by atoms with van der Waals surface area (Å²) >= 11 is 1.08. The zero-order chi connectivity index (χ0) is 23.3. The highest BCUT2D eigenvalue weighted by Gasteiger charge is 2.27. The zero-order valence-corrected chi connectivity index (χ0v) is 19.5. The largest absolute Gasteiger partial charge is 0.486 e. The average Bonchev–Trinajstić information content (AvgIpc) is 3.53. The molecule has 8 nitrogen and oxygen atoms in total. The monoisotopic (exact) mass is 482 g/mol. The van der Waals surface area contributed by atoms with E-state index in [0.29, 0.717) is 5.75 Å². The van der Waals surface area contributed by atoms with Crippen molar-refractivity contribution < 1.29 is 17.9 Å². The molecule has 170 valence electrons. The lowest BCUT2D eigenvalue weighted by Gasteiger charge is -2.21. The lowest BCUT2D eigenvalue weighted by molar-refractivity contribution is -0.118. The summed E-state index contributed by atoms with van der Waals surface area (Å²) in [5, 5.41) is 5.85. The number of rotatable bonds is 10. The molecule has 0 aliphatic rings. The highest BCUT2D eigenvalue weighted by Crippen LogP contribution is 2.24. The summed E-state index contributed by atoms with van der Waals surface area (Å²) in [5.74, 6) is 0.421. The normalized spacial score (nSPS) is 11.6. The van der Waals surface area contributed by atoms with Crippen LogP contribution in [0.4, 0.5) is 0 Å². The Morgan fingerprint density at radius 1 is 1.06 bits per heavy atom. The van der Waals surface area contributed by atoms with Crippen molar-refractivity contribution in [2.24, 2.45) is 0 Å². The van der Waals surface area contributed by atoms with E-state index >= 15 is 0 Å². The number of carbonyl (C=O) groups is 1. The Balaban J connectivity index is 1.59. The Hall–Kier alpha value is -3.34. The second kappa shape index (κ2) is 10.1. The van der Waals surface area contributed by atoms with Gasteiger partial charge in [-0.15, -0.1) is 11.3 Å². The molecule has 0 fully saturated rings. The molecule has 33 heavy (non-hydrogen) atoms. The van der Waals surface area contributed by atoms with Crippen molar-refractivity contribution in [2.75, 3.05) is 6.61 Å². The molecule has 2 heterocycles. The van der Waals surface area contributed by atoms with E-state index in [1.54, 1.807) is 34.5 Å². The Bertz CT molecular complexity index is 1300. The quantitative estimate of drug-likeness (QED) is 0.342. The molecule has 0 radical (unpaired) electrons. The lowest BCUT2D eigenvalue weighted by atomic mass is 10.2. The molecule has 2 aromatic carbocycles. The highest BCUT2D eigenvalue weighted by atomic mass is 32.2. The number of hydrogen-bond donors (Lipinski definition) is 0. The van der Waals surface area contributed by atoms with Crippen LogP contribution < -0.4 is 4.74 Å². The summed E-state index contributed by atoms with van der Waals surface area (Å²) in [6, 6.07) is 16.5. The summed E-state index contributed by atoms with van der Waals surface area (Å²) in [6.45, 7) is 1.71. The van der Waals surface area contributed by atoms with Crippen LogP contribution in [0.1, 0.15) is 18.1 Å². The van der Waals surface area contributed by atoms with Crippen LogP contribution in [-0.2, 0) is 27.9 Å². The van der Waals surface area contributed by atoms with Gasteiger partial charge in [-0.25, -0.2) is 18.1 Å². The topological polar surface area (TPSA) is 94.4 Å². The minimum atomic E-state index is -3.82. The molecule has 0 unspecified atom stereocenters. The molecule has 0 saturated carbocycles. The molecular formula is C23H22N4O4S2. The van der Waals surface area contributed by atoms with Gasteiger partial charge < -0.3 is 4.74 Å². The molecule has 0 aliphatic carbocycles. The smallest absolute Gasteiger partial charge is 0.270 e. The standard InChI is InChI=1S/C23H22N4O4S2/c1-18(28)17-31-22-5-2-4-20(14-22)16-26(33(29,30)23-24-11-13-32-23)15-19-6-8-21(9-7-19)27-12-3-10-25-27/h2-14H,15-17H2,1H3. The van der Waals surface area contributed by atoms with E-state index in [2.05, 4.69) is 10.1 Å². The van der Waals surface area contributed by atoms with Gasteiger partial charge in [-0.2, -0.15) is 9.40 Å². The molecule has 0 atom stereocenters. The summed E-state index contributed by atoms with van der Waals surface area (Å²) in [4.78, 5) is 15.2. The lowest BCUT2D eigenvalue weighted by Crippen LogP contribution is -2.30. The number of Topliss-reactive ketones (excluding diaryl/α,β-unsaturated/α-hetero) is 1. The number of sulfonamides is 1. The number of nitrogens with zero attached hydrogens (tertiary/aromatic N) is 4. The third-order valence-electron chi connectivity index (χ3n) is 4.73.